The third-order valence-corrected chi connectivity index (χ3v) is 4.74. The second kappa shape index (κ2) is 10.2. The Morgan fingerprint density at radius 2 is 2.00 bits per heavy atom. The molecule has 1 atom stereocenters. The smallest absolute Gasteiger partial charge is 0.193 e. The molecule has 0 aromatic heterocycles. The van der Waals surface area contributed by atoms with Crippen molar-refractivity contribution < 1.29 is 4.74 Å². The number of ether oxygens (including phenoxy) is 1. The number of rotatable bonds is 7. The van der Waals surface area contributed by atoms with Gasteiger partial charge in [-0.2, -0.15) is 0 Å². The molecule has 24 heavy (non-hydrogen) atoms. The van der Waals surface area contributed by atoms with Crippen LogP contribution in [0, 0.1) is 11.8 Å². The van der Waals surface area contributed by atoms with Crippen molar-refractivity contribution in [3.63, 3.8) is 0 Å². The highest BCUT2D eigenvalue weighted by Gasteiger charge is 2.25. The minimum atomic E-state index is 0. The molecule has 1 aromatic carbocycles. The minimum absolute atomic E-state index is 0. The van der Waals surface area contributed by atoms with Crippen molar-refractivity contribution in [3.8, 4) is 0 Å². The van der Waals surface area contributed by atoms with Gasteiger partial charge in [0.15, 0.2) is 5.96 Å². The number of halogens is 1. The molecule has 1 unspecified atom stereocenters. The summed E-state index contributed by atoms with van der Waals surface area (Å²) in [5, 5.41) is 3.44. The molecule has 1 aliphatic heterocycles. The van der Waals surface area contributed by atoms with E-state index in [1.165, 1.54) is 31.2 Å². The lowest BCUT2D eigenvalue weighted by molar-refractivity contribution is 0.128. The van der Waals surface area contributed by atoms with Crippen LogP contribution in [0.4, 0.5) is 0 Å². The van der Waals surface area contributed by atoms with Crippen molar-refractivity contribution in [2.24, 2.45) is 16.8 Å². The number of aliphatic imine (C=N–C) groups is 1. The molecular formula is C19H30IN3O. The first-order valence-electron chi connectivity index (χ1n) is 8.92. The third kappa shape index (κ3) is 6.24. The molecule has 2 fully saturated rings. The van der Waals surface area contributed by atoms with Crippen molar-refractivity contribution in [2.75, 3.05) is 39.9 Å². The number of guanidine groups is 1. The predicted octanol–water partition coefficient (Wildman–Crippen LogP) is 3.17. The number of nitrogens with zero attached hydrogens (tertiary/aromatic N) is 2. The Hall–Kier alpha value is -0.820. The van der Waals surface area contributed by atoms with E-state index in [-0.39, 0.29) is 24.0 Å². The van der Waals surface area contributed by atoms with Crippen LogP contribution in [0.1, 0.15) is 24.8 Å². The number of nitrogens with one attached hydrogen (secondary N) is 1. The summed E-state index contributed by atoms with van der Waals surface area (Å²) in [5.41, 5.74) is 1.44. The maximum Gasteiger partial charge on any atom is 0.193 e. The zero-order valence-corrected chi connectivity index (χ0v) is 16.9. The fourth-order valence-electron chi connectivity index (χ4n) is 3.24. The van der Waals surface area contributed by atoms with Gasteiger partial charge in [-0.05, 0) is 43.1 Å². The van der Waals surface area contributed by atoms with E-state index in [4.69, 9.17) is 4.74 Å². The van der Waals surface area contributed by atoms with Gasteiger partial charge in [0.1, 0.15) is 0 Å². The van der Waals surface area contributed by atoms with Crippen LogP contribution in [-0.2, 0) is 11.2 Å². The molecule has 2 aliphatic rings. The van der Waals surface area contributed by atoms with Crippen molar-refractivity contribution in [1.29, 1.82) is 0 Å². The van der Waals surface area contributed by atoms with E-state index >= 15 is 0 Å². The van der Waals surface area contributed by atoms with E-state index in [1.54, 1.807) is 0 Å². The summed E-state index contributed by atoms with van der Waals surface area (Å²) in [5.74, 6) is 2.59. The van der Waals surface area contributed by atoms with Crippen LogP contribution >= 0.6 is 24.0 Å². The topological polar surface area (TPSA) is 36.9 Å². The van der Waals surface area contributed by atoms with Gasteiger partial charge in [0.05, 0.1) is 6.61 Å². The third-order valence-electron chi connectivity index (χ3n) is 4.74. The SMILES string of the molecule is CN=C(NCCOCC1CC1)N1CCC(Cc2ccccc2)C1.I. The van der Waals surface area contributed by atoms with Crippen LogP contribution in [0.3, 0.4) is 0 Å². The number of benzene rings is 1. The highest BCUT2D eigenvalue weighted by atomic mass is 127. The molecule has 1 N–H and O–H groups in total. The van der Waals surface area contributed by atoms with Crippen molar-refractivity contribution >= 4 is 29.9 Å². The second-order valence-electron chi connectivity index (χ2n) is 6.78. The number of hydrogen-bond donors (Lipinski definition) is 1. The molecule has 1 aliphatic carbocycles. The summed E-state index contributed by atoms with van der Waals surface area (Å²) >= 11 is 0. The molecule has 1 saturated carbocycles. The van der Waals surface area contributed by atoms with Crippen LogP contribution in [-0.4, -0.2) is 50.8 Å². The predicted molar refractivity (Wildman–Crippen MR) is 110 cm³/mol. The summed E-state index contributed by atoms with van der Waals surface area (Å²) in [6.45, 7) is 4.75. The van der Waals surface area contributed by atoms with E-state index in [0.29, 0.717) is 0 Å². The lowest BCUT2D eigenvalue weighted by atomic mass is 9.99. The number of likely N-dealkylation sites (tertiary alicyclic amines) is 1. The van der Waals surface area contributed by atoms with Gasteiger partial charge in [0.2, 0.25) is 0 Å². The first kappa shape index (κ1) is 19.5. The maximum absolute atomic E-state index is 5.68. The molecule has 0 bridgehead atoms. The second-order valence-corrected chi connectivity index (χ2v) is 6.78. The van der Waals surface area contributed by atoms with Crippen LogP contribution in [0.25, 0.3) is 0 Å². The molecule has 0 spiro atoms. The Bertz CT molecular complexity index is 505. The van der Waals surface area contributed by atoms with E-state index in [1.807, 2.05) is 7.05 Å². The zero-order chi connectivity index (χ0) is 15.9. The summed E-state index contributed by atoms with van der Waals surface area (Å²) < 4.78 is 5.68. The van der Waals surface area contributed by atoms with E-state index in [0.717, 1.165) is 50.6 Å². The quantitative estimate of drug-likeness (QED) is 0.305. The van der Waals surface area contributed by atoms with Gasteiger partial charge in [0, 0.05) is 33.3 Å². The lowest BCUT2D eigenvalue weighted by Crippen LogP contribution is -2.41. The maximum atomic E-state index is 5.68. The van der Waals surface area contributed by atoms with Gasteiger partial charge >= 0.3 is 0 Å². The van der Waals surface area contributed by atoms with Crippen LogP contribution in [0.15, 0.2) is 35.3 Å². The van der Waals surface area contributed by atoms with Crippen LogP contribution in [0.5, 0.6) is 0 Å². The van der Waals surface area contributed by atoms with Gasteiger partial charge in [0.25, 0.3) is 0 Å². The molecule has 0 radical (unpaired) electrons. The summed E-state index contributed by atoms with van der Waals surface area (Å²) in [7, 11) is 1.87. The summed E-state index contributed by atoms with van der Waals surface area (Å²) in [4.78, 5) is 6.82. The highest BCUT2D eigenvalue weighted by molar-refractivity contribution is 14.0. The monoisotopic (exact) mass is 443 g/mol. The van der Waals surface area contributed by atoms with E-state index in [9.17, 15) is 0 Å². The molecule has 134 valence electrons. The molecule has 1 aromatic rings. The van der Waals surface area contributed by atoms with Crippen molar-refractivity contribution in [1.82, 2.24) is 10.2 Å². The van der Waals surface area contributed by atoms with Crippen molar-refractivity contribution in [3.05, 3.63) is 35.9 Å². The lowest BCUT2D eigenvalue weighted by Gasteiger charge is -2.21. The Morgan fingerprint density at radius 1 is 1.21 bits per heavy atom. The molecular weight excluding hydrogens is 413 g/mol. The van der Waals surface area contributed by atoms with Crippen LogP contribution in [0.2, 0.25) is 0 Å². The van der Waals surface area contributed by atoms with Crippen LogP contribution < -0.4 is 5.32 Å². The molecule has 1 saturated heterocycles. The van der Waals surface area contributed by atoms with E-state index < -0.39 is 0 Å². The Balaban J connectivity index is 0.00000208. The Morgan fingerprint density at radius 3 is 2.71 bits per heavy atom. The Labute approximate surface area is 163 Å². The summed E-state index contributed by atoms with van der Waals surface area (Å²) in [6, 6.07) is 10.8. The molecule has 5 heteroatoms. The largest absolute Gasteiger partial charge is 0.379 e. The van der Waals surface area contributed by atoms with Gasteiger partial charge in [-0.15, -0.1) is 24.0 Å². The molecule has 3 rings (SSSR count). The van der Waals surface area contributed by atoms with Gasteiger partial charge in [-0.3, -0.25) is 4.99 Å². The summed E-state index contributed by atoms with van der Waals surface area (Å²) in [6.07, 6.45) is 5.12. The Kier molecular flexibility index (Phi) is 8.32. The fraction of sp³-hybridized carbons (Fsp3) is 0.632. The number of hydrogen-bond acceptors (Lipinski definition) is 2. The zero-order valence-electron chi connectivity index (χ0n) is 14.6. The van der Waals surface area contributed by atoms with Gasteiger partial charge in [-0.25, -0.2) is 0 Å². The first-order valence-corrected chi connectivity index (χ1v) is 8.92. The molecule has 4 nitrogen and oxygen atoms in total. The van der Waals surface area contributed by atoms with Gasteiger partial charge in [-0.1, -0.05) is 30.3 Å². The molecule has 0 amide bonds. The minimum Gasteiger partial charge on any atom is -0.379 e. The standard InChI is InChI=1S/C19H29N3O.HI/c1-20-19(21-10-12-23-15-17-7-8-17)22-11-9-18(14-22)13-16-5-3-2-4-6-16;/h2-6,17-18H,7-15H2,1H3,(H,20,21);1H. The van der Waals surface area contributed by atoms with Crippen molar-refractivity contribution in [2.45, 2.75) is 25.7 Å². The van der Waals surface area contributed by atoms with Gasteiger partial charge < -0.3 is 15.0 Å². The molecule has 1 heterocycles. The highest BCUT2D eigenvalue weighted by Crippen LogP contribution is 2.28. The average Bonchev–Trinajstić information content (AvgIpc) is 3.30. The fourth-order valence-corrected chi connectivity index (χ4v) is 3.24. The average molecular weight is 443 g/mol. The van der Waals surface area contributed by atoms with E-state index in [2.05, 4.69) is 45.5 Å². The first-order chi connectivity index (χ1) is 11.3. The normalized spacial score (nSPS) is 20.8.